The van der Waals surface area contributed by atoms with Gasteiger partial charge in [-0.3, -0.25) is 0 Å². The van der Waals surface area contributed by atoms with Crippen LogP contribution in [-0.4, -0.2) is 23.8 Å². The van der Waals surface area contributed by atoms with Crippen LogP contribution in [0.15, 0.2) is 0 Å². The Morgan fingerprint density at radius 1 is 1.45 bits per heavy atom. The van der Waals surface area contributed by atoms with Crippen molar-refractivity contribution in [3.63, 3.8) is 0 Å². The van der Waals surface area contributed by atoms with Crippen LogP contribution in [0, 0.1) is 0 Å². The summed E-state index contributed by atoms with van der Waals surface area (Å²) in [5.74, 6) is 0. The summed E-state index contributed by atoms with van der Waals surface area (Å²) in [7, 11) is 0. The molecule has 1 fully saturated rings. The number of hydrogen-bond acceptors (Lipinski definition) is 2. The van der Waals surface area contributed by atoms with Gasteiger partial charge in [-0.1, -0.05) is 19.8 Å². The molecule has 11 heavy (non-hydrogen) atoms. The first-order valence-electron chi connectivity index (χ1n) is 4.76. The molecule has 68 valence electrons. The molecular weight excluding hydrogens is 138 g/mol. The van der Waals surface area contributed by atoms with E-state index in [4.69, 9.17) is 0 Å². The van der Waals surface area contributed by atoms with Gasteiger partial charge < -0.3 is 10.4 Å². The van der Waals surface area contributed by atoms with Gasteiger partial charge in [-0.25, -0.2) is 0 Å². The zero-order valence-corrected chi connectivity index (χ0v) is 7.34. The van der Waals surface area contributed by atoms with E-state index in [0.29, 0.717) is 6.04 Å². The van der Waals surface area contributed by atoms with Crippen molar-refractivity contribution in [1.29, 1.82) is 0 Å². The van der Waals surface area contributed by atoms with Crippen LogP contribution in [0.1, 0.15) is 40.5 Å². The number of hydrogen-bond donors (Lipinski definition) is 2. The summed E-state index contributed by atoms with van der Waals surface area (Å²) in [5, 5.41) is 12.9. The highest BCUT2D eigenvalue weighted by Crippen LogP contribution is 2.17. The summed E-state index contributed by atoms with van der Waals surface area (Å²) in [6.07, 6.45) is 5.69. The normalized spacial score (nSPS) is 32.2. The minimum absolute atomic E-state index is 0. The standard InChI is InChI=1S/C9H19NO.H2/c1-2-7-10-8-5-3-4-6-9(8)11;/h8-11H,2-7H2,1H3;1H. The monoisotopic (exact) mass is 159 g/mol. The Labute approximate surface area is 70.5 Å². The highest BCUT2D eigenvalue weighted by Gasteiger charge is 2.21. The smallest absolute Gasteiger partial charge is 0.0693 e. The van der Waals surface area contributed by atoms with Crippen LogP contribution < -0.4 is 5.32 Å². The largest absolute Gasteiger partial charge is 0.392 e. The third-order valence-corrected chi connectivity index (χ3v) is 2.39. The summed E-state index contributed by atoms with van der Waals surface area (Å²) in [6.45, 7) is 3.20. The Morgan fingerprint density at radius 2 is 2.18 bits per heavy atom. The molecule has 2 atom stereocenters. The van der Waals surface area contributed by atoms with E-state index >= 15 is 0 Å². The second-order valence-corrected chi connectivity index (χ2v) is 3.41. The molecule has 0 amide bonds. The highest BCUT2D eigenvalue weighted by molar-refractivity contribution is 4.79. The molecule has 2 unspecified atom stereocenters. The maximum absolute atomic E-state index is 9.53. The van der Waals surface area contributed by atoms with Crippen LogP contribution in [-0.2, 0) is 0 Å². The van der Waals surface area contributed by atoms with Gasteiger partial charge in [0.05, 0.1) is 6.10 Å². The molecule has 1 aliphatic carbocycles. The molecule has 0 aromatic heterocycles. The van der Waals surface area contributed by atoms with E-state index in [1.54, 1.807) is 0 Å². The van der Waals surface area contributed by atoms with Crippen molar-refractivity contribution in [1.82, 2.24) is 5.32 Å². The van der Waals surface area contributed by atoms with Gasteiger partial charge in [-0.05, 0) is 25.8 Å². The minimum Gasteiger partial charge on any atom is -0.392 e. The lowest BCUT2D eigenvalue weighted by Crippen LogP contribution is -2.42. The summed E-state index contributed by atoms with van der Waals surface area (Å²) in [5.41, 5.74) is 0. The molecule has 2 heteroatoms. The van der Waals surface area contributed by atoms with Gasteiger partial charge in [0.25, 0.3) is 0 Å². The van der Waals surface area contributed by atoms with Gasteiger partial charge >= 0.3 is 0 Å². The van der Waals surface area contributed by atoms with Gasteiger partial charge in [0, 0.05) is 7.47 Å². The van der Waals surface area contributed by atoms with E-state index in [-0.39, 0.29) is 7.53 Å². The van der Waals surface area contributed by atoms with Crippen molar-refractivity contribution >= 4 is 0 Å². The molecule has 0 radical (unpaired) electrons. The third-order valence-electron chi connectivity index (χ3n) is 2.39. The number of nitrogens with one attached hydrogen (secondary N) is 1. The van der Waals surface area contributed by atoms with Crippen molar-refractivity contribution in [2.24, 2.45) is 0 Å². The second-order valence-electron chi connectivity index (χ2n) is 3.41. The van der Waals surface area contributed by atoms with Crippen LogP contribution in [0.4, 0.5) is 0 Å². The Balaban J connectivity index is 0.00000121. The summed E-state index contributed by atoms with van der Waals surface area (Å²) < 4.78 is 0. The summed E-state index contributed by atoms with van der Waals surface area (Å²) in [6, 6.07) is 0.378. The van der Waals surface area contributed by atoms with Gasteiger partial charge in [-0.15, -0.1) is 0 Å². The number of aliphatic hydroxyl groups is 1. The highest BCUT2D eigenvalue weighted by atomic mass is 16.3. The van der Waals surface area contributed by atoms with Gasteiger partial charge in [0.2, 0.25) is 0 Å². The number of aliphatic hydroxyl groups excluding tert-OH is 1. The minimum atomic E-state index is -0.0877. The molecule has 2 nitrogen and oxygen atoms in total. The summed E-state index contributed by atoms with van der Waals surface area (Å²) in [4.78, 5) is 0. The third kappa shape index (κ3) is 2.80. The molecule has 0 aliphatic heterocycles. The van der Waals surface area contributed by atoms with Gasteiger partial charge in [0.1, 0.15) is 0 Å². The van der Waals surface area contributed by atoms with Crippen LogP contribution in [0.3, 0.4) is 0 Å². The Bertz CT molecular complexity index is 111. The van der Waals surface area contributed by atoms with E-state index in [9.17, 15) is 5.11 Å². The average Bonchev–Trinajstić information content (AvgIpc) is 2.03. The fourth-order valence-corrected chi connectivity index (χ4v) is 1.68. The molecule has 0 aromatic rings. The molecule has 0 aromatic carbocycles. The predicted octanol–water partition coefficient (Wildman–Crippen LogP) is 1.54. The molecule has 0 bridgehead atoms. The first-order valence-corrected chi connectivity index (χ1v) is 4.76. The zero-order chi connectivity index (χ0) is 8.10. The Kier molecular flexibility index (Phi) is 3.87. The fraction of sp³-hybridized carbons (Fsp3) is 1.00. The molecule has 2 N–H and O–H groups in total. The zero-order valence-electron chi connectivity index (χ0n) is 7.34. The molecule has 1 saturated carbocycles. The Morgan fingerprint density at radius 3 is 2.82 bits per heavy atom. The number of rotatable bonds is 3. The van der Waals surface area contributed by atoms with Gasteiger partial charge in [-0.2, -0.15) is 0 Å². The first kappa shape index (κ1) is 9.01. The van der Waals surface area contributed by atoms with Crippen LogP contribution in [0.2, 0.25) is 0 Å². The molecule has 0 saturated heterocycles. The van der Waals surface area contributed by atoms with E-state index in [0.717, 1.165) is 25.8 Å². The maximum Gasteiger partial charge on any atom is 0.0693 e. The molecule has 0 spiro atoms. The van der Waals surface area contributed by atoms with E-state index in [2.05, 4.69) is 12.2 Å². The Hall–Kier alpha value is -0.0800. The van der Waals surface area contributed by atoms with Crippen molar-refractivity contribution in [3.8, 4) is 0 Å². The molecule has 1 aliphatic rings. The van der Waals surface area contributed by atoms with Crippen LogP contribution >= 0.6 is 0 Å². The predicted molar refractivity (Wildman–Crippen MR) is 48.7 cm³/mol. The quantitative estimate of drug-likeness (QED) is 0.654. The average molecular weight is 159 g/mol. The van der Waals surface area contributed by atoms with Crippen molar-refractivity contribution in [2.75, 3.05) is 6.54 Å². The molecular formula is C9H21NO. The lowest BCUT2D eigenvalue weighted by Gasteiger charge is -2.28. The van der Waals surface area contributed by atoms with Crippen molar-refractivity contribution in [3.05, 3.63) is 0 Å². The van der Waals surface area contributed by atoms with Crippen LogP contribution in [0.25, 0.3) is 0 Å². The van der Waals surface area contributed by atoms with E-state index in [1.165, 1.54) is 12.8 Å². The van der Waals surface area contributed by atoms with E-state index < -0.39 is 0 Å². The van der Waals surface area contributed by atoms with E-state index in [1.807, 2.05) is 0 Å². The topological polar surface area (TPSA) is 32.3 Å². The lowest BCUT2D eigenvalue weighted by molar-refractivity contribution is 0.0912. The maximum atomic E-state index is 9.53. The lowest BCUT2D eigenvalue weighted by atomic mass is 9.92. The van der Waals surface area contributed by atoms with Crippen molar-refractivity contribution in [2.45, 2.75) is 51.2 Å². The molecule has 1 rings (SSSR count). The van der Waals surface area contributed by atoms with Crippen molar-refractivity contribution < 1.29 is 6.53 Å². The summed E-state index contributed by atoms with van der Waals surface area (Å²) >= 11 is 0. The first-order chi connectivity index (χ1) is 5.34. The van der Waals surface area contributed by atoms with Crippen LogP contribution in [0.5, 0.6) is 0 Å². The van der Waals surface area contributed by atoms with Gasteiger partial charge in [0.15, 0.2) is 0 Å². The SMILES string of the molecule is CCCNC1CCCCC1O.[HH]. The second kappa shape index (κ2) is 4.73. The molecule has 0 heterocycles. The fourth-order valence-electron chi connectivity index (χ4n) is 1.68.